The summed E-state index contributed by atoms with van der Waals surface area (Å²) < 4.78 is 41.9. The minimum Gasteiger partial charge on any atom is -0.368 e. The first-order valence-corrected chi connectivity index (χ1v) is 10.6. The van der Waals surface area contributed by atoms with Crippen LogP contribution in [0.5, 0.6) is 0 Å². The maximum absolute atomic E-state index is 13.1. The van der Waals surface area contributed by atoms with E-state index < -0.39 is 11.7 Å². The third-order valence-corrected chi connectivity index (χ3v) is 5.93. The molecule has 0 unspecified atom stereocenters. The highest BCUT2D eigenvalue weighted by atomic mass is 19.4. The van der Waals surface area contributed by atoms with E-state index in [4.69, 9.17) is 0 Å². The van der Waals surface area contributed by atoms with E-state index >= 15 is 0 Å². The molecule has 3 aromatic heterocycles. The summed E-state index contributed by atoms with van der Waals surface area (Å²) in [6.45, 7) is 3.21. The lowest BCUT2D eigenvalue weighted by molar-refractivity contribution is -0.137. The summed E-state index contributed by atoms with van der Waals surface area (Å²) >= 11 is 0. The normalized spacial score (nSPS) is 14.7. The molecule has 1 aromatic carbocycles. The lowest BCUT2D eigenvalue weighted by atomic mass is 10.1. The van der Waals surface area contributed by atoms with Gasteiger partial charge in [-0.15, -0.1) is 5.10 Å². The lowest BCUT2D eigenvalue weighted by Crippen LogP contribution is -2.49. The van der Waals surface area contributed by atoms with E-state index in [1.165, 1.54) is 21.5 Å². The van der Waals surface area contributed by atoms with E-state index in [2.05, 4.69) is 15.2 Å². The van der Waals surface area contributed by atoms with Gasteiger partial charge in [0.2, 0.25) is 5.95 Å². The van der Waals surface area contributed by atoms with Gasteiger partial charge < -0.3 is 9.80 Å². The Labute approximate surface area is 191 Å². The number of rotatable bonds is 3. The van der Waals surface area contributed by atoms with Crippen LogP contribution in [0.1, 0.15) is 21.6 Å². The first-order chi connectivity index (χ1) is 16.2. The van der Waals surface area contributed by atoms with Gasteiger partial charge in [-0.1, -0.05) is 6.07 Å². The van der Waals surface area contributed by atoms with Crippen LogP contribution in [0.3, 0.4) is 0 Å². The van der Waals surface area contributed by atoms with Gasteiger partial charge in [-0.2, -0.15) is 18.3 Å². The summed E-state index contributed by atoms with van der Waals surface area (Å²) in [5.41, 5.74) is 0.715. The summed E-state index contributed by atoms with van der Waals surface area (Å²) in [5.74, 6) is -0.0588. The van der Waals surface area contributed by atoms with E-state index in [0.717, 1.165) is 12.1 Å². The zero-order valence-electron chi connectivity index (χ0n) is 18.1. The fraction of sp³-hybridized carbons (Fsp3) is 0.273. The molecule has 12 heteroatoms. The highest BCUT2D eigenvalue weighted by molar-refractivity contribution is 5.95. The number of fused-ring (bicyclic) bond motifs is 1. The van der Waals surface area contributed by atoms with E-state index in [0.29, 0.717) is 48.6 Å². The summed E-state index contributed by atoms with van der Waals surface area (Å²) in [6.07, 6.45) is -1.34. The number of hydrogen-bond acceptors (Lipinski definition) is 5. The number of hydrogen-bond donors (Lipinski definition) is 1. The molecule has 4 heterocycles. The molecule has 5 rings (SSSR count). The van der Waals surface area contributed by atoms with Crippen LogP contribution in [0, 0.1) is 6.92 Å². The Balaban J connectivity index is 1.32. The average Bonchev–Trinajstić information content (AvgIpc) is 3.45. The fourth-order valence-electron chi connectivity index (χ4n) is 4.08. The Bertz CT molecular complexity index is 1430. The maximum Gasteiger partial charge on any atom is 0.416 e. The highest BCUT2D eigenvalue weighted by Gasteiger charge is 2.31. The molecule has 1 aliphatic heterocycles. The predicted molar refractivity (Wildman–Crippen MR) is 117 cm³/mol. The summed E-state index contributed by atoms with van der Waals surface area (Å²) in [4.78, 5) is 31.5. The second-order valence-corrected chi connectivity index (χ2v) is 8.00. The molecule has 0 saturated carbocycles. The number of carbonyl (C=O) groups excluding carboxylic acids is 1. The number of piperazine rings is 1. The molecular weight excluding hydrogens is 451 g/mol. The molecule has 1 saturated heterocycles. The number of H-pyrrole nitrogens is 1. The Hall–Kier alpha value is -4.09. The van der Waals surface area contributed by atoms with Crippen molar-refractivity contribution in [3.63, 3.8) is 0 Å². The zero-order valence-corrected chi connectivity index (χ0v) is 18.1. The largest absolute Gasteiger partial charge is 0.416 e. The van der Waals surface area contributed by atoms with Gasteiger partial charge in [0.25, 0.3) is 11.5 Å². The van der Waals surface area contributed by atoms with Gasteiger partial charge >= 0.3 is 6.18 Å². The van der Waals surface area contributed by atoms with Crippen LogP contribution in [0.25, 0.3) is 11.5 Å². The summed E-state index contributed by atoms with van der Waals surface area (Å²) in [6, 6.07) is 8.53. The molecule has 0 bridgehead atoms. The third kappa shape index (κ3) is 3.80. The van der Waals surface area contributed by atoms with Crippen LogP contribution in [-0.4, -0.2) is 61.4 Å². The third-order valence-electron chi connectivity index (χ3n) is 5.93. The fourth-order valence-corrected chi connectivity index (χ4v) is 4.08. The predicted octanol–water partition coefficient (Wildman–Crippen LogP) is 2.50. The Morgan fingerprint density at radius 1 is 1.09 bits per heavy atom. The van der Waals surface area contributed by atoms with Crippen molar-refractivity contribution in [1.29, 1.82) is 0 Å². The van der Waals surface area contributed by atoms with Gasteiger partial charge in [-0.05, 0) is 37.3 Å². The molecule has 1 fully saturated rings. The van der Waals surface area contributed by atoms with Crippen LogP contribution in [-0.2, 0) is 6.18 Å². The number of benzene rings is 1. The summed E-state index contributed by atoms with van der Waals surface area (Å²) in [5, 5.41) is 8.57. The van der Waals surface area contributed by atoms with Crippen molar-refractivity contribution in [2.75, 3.05) is 31.1 Å². The van der Waals surface area contributed by atoms with Gasteiger partial charge in [-0.25, -0.2) is 9.20 Å². The molecule has 0 aliphatic carbocycles. The zero-order chi connectivity index (χ0) is 24.0. The smallest absolute Gasteiger partial charge is 0.368 e. The quantitative estimate of drug-likeness (QED) is 0.496. The van der Waals surface area contributed by atoms with Gasteiger partial charge in [-0.3, -0.25) is 14.6 Å². The second-order valence-electron chi connectivity index (χ2n) is 8.00. The molecule has 1 aliphatic rings. The van der Waals surface area contributed by atoms with Crippen LogP contribution >= 0.6 is 0 Å². The molecule has 1 N–H and O–H groups in total. The van der Waals surface area contributed by atoms with Crippen LogP contribution in [0.15, 0.2) is 53.6 Å². The number of amides is 1. The molecule has 1 amide bonds. The molecule has 9 nitrogen and oxygen atoms in total. The highest BCUT2D eigenvalue weighted by Crippen LogP contribution is 2.32. The number of anilines is 1. The van der Waals surface area contributed by atoms with Crippen molar-refractivity contribution in [3.8, 4) is 5.95 Å². The molecule has 4 aromatic rings. The Kier molecular flexibility index (Phi) is 5.14. The maximum atomic E-state index is 13.1. The molecule has 0 radical (unpaired) electrons. The number of alkyl halides is 3. The van der Waals surface area contributed by atoms with E-state index in [1.54, 1.807) is 36.2 Å². The van der Waals surface area contributed by atoms with Crippen LogP contribution in [0.4, 0.5) is 18.9 Å². The van der Waals surface area contributed by atoms with Gasteiger partial charge in [0.05, 0.1) is 23.0 Å². The van der Waals surface area contributed by atoms with E-state index in [9.17, 15) is 22.8 Å². The number of aromatic amines is 1. The first kappa shape index (κ1) is 21.7. The van der Waals surface area contributed by atoms with Crippen LogP contribution < -0.4 is 10.5 Å². The number of aromatic nitrogens is 5. The lowest BCUT2D eigenvalue weighted by Gasteiger charge is -2.36. The number of carbonyl (C=O) groups is 1. The van der Waals surface area contributed by atoms with Gasteiger partial charge in [0.1, 0.15) is 5.52 Å². The number of nitrogens with one attached hydrogen (secondary N) is 1. The topological polar surface area (TPSA) is 91.5 Å². The molecule has 0 atom stereocenters. The molecule has 176 valence electrons. The number of nitrogens with zero attached hydrogens (tertiary/aromatic N) is 6. The molecule has 0 spiro atoms. The first-order valence-electron chi connectivity index (χ1n) is 10.6. The minimum absolute atomic E-state index is 0.180. The molecule has 34 heavy (non-hydrogen) atoms. The minimum atomic E-state index is -4.41. The Morgan fingerprint density at radius 3 is 2.59 bits per heavy atom. The Morgan fingerprint density at radius 2 is 1.85 bits per heavy atom. The van der Waals surface area contributed by atoms with E-state index in [1.807, 2.05) is 4.90 Å². The van der Waals surface area contributed by atoms with Gasteiger partial charge in [0, 0.05) is 38.1 Å². The van der Waals surface area contributed by atoms with Crippen molar-refractivity contribution in [1.82, 2.24) is 29.3 Å². The van der Waals surface area contributed by atoms with Gasteiger partial charge in [0.15, 0.2) is 0 Å². The SMILES string of the molecule is Cc1c(C(=O)N2CCN(c3cccc(C(F)(F)F)c3)CC2)cnn1-c1nn2cccc2c(=O)[nH]1. The van der Waals surface area contributed by atoms with Crippen molar-refractivity contribution in [3.05, 3.63) is 76.0 Å². The monoisotopic (exact) mass is 471 g/mol. The van der Waals surface area contributed by atoms with Crippen LogP contribution in [0.2, 0.25) is 0 Å². The van der Waals surface area contributed by atoms with E-state index in [-0.39, 0.29) is 17.4 Å². The summed E-state index contributed by atoms with van der Waals surface area (Å²) in [7, 11) is 0. The average molecular weight is 471 g/mol. The number of halogens is 3. The molecular formula is C22H20F3N7O2. The standard InChI is InChI=1S/C22H20F3N7O2/c1-14-17(13-26-32(14)21-27-19(33)18-6-3-7-31(18)28-21)20(34)30-10-8-29(9-11-30)16-5-2-4-15(12-16)22(23,24)25/h2-7,12-13H,8-11H2,1H3,(H,27,28,33). The van der Waals surface area contributed by atoms with Crippen molar-refractivity contribution in [2.24, 2.45) is 0 Å². The van der Waals surface area contributed by atoms with Crippen molar-refractivity contribution >= 4 is 17.1 Å². The van der Waals surface area contributed by atoms with Crippen molar-refractivity contribution < 1.29 is 18.0 Å². The van der Waals surface area contributed by atoms with Crippen molar-refractivity contribution in [2.45, 2.75) is 13.1 Å². The second kappa shape index (κ2) is 8.04.